The topological polar surface area (TPSA) is 150 Å². The van der Waals surface area contributed by atoms with Crippen LogP contribution in [0.5, 0.6) is 5.75 Å². The first kappa shape index (κ1) is 26.6. The molecule has 3 amide bonds. The number of nitrogen functional groups attached to an aromatic ring is 1. The Morgan fingerprint density at radius 1 is 1.14 bits per heavy atom. The van der Waals surface area contributed by atoms with Crippen LogP contribution >= 0.6 is 11.5 Å². The van der Waals surface area contributed by atoms with Gasteiger partial charge in [0, 0.05) is 19.2 Å². The first-order valence-corrected chi connectivity index (χ1v) is 11.6. The number of methoxy groups -OCH3 is 2. The Hall–Kier alpha value is -4.03. The maximum Gasteiger partial charge on any atom is 0.270 e. The third-order valence-electron chi connectivity index (χ3n) is 5.30. The monoisotopic (exact) mass is 515 g/mol. The number of hydrogen-bond donors (Lipinski definition) is 3. The van der Waals surface area contributed by atoms with Crippen LogP contribution in [0.3, 0.4) is 0 Å². The average molecular weight is 516 g/mol. The number of rotatable bonds is 11. The second-order valence-electron chi connectivity index (χ2n) is 7.62. The molecule has 5 N–H and O–H groups in total. The molecule has 0 bridgehead atoms. The second-order valence-corrected chi connectivity index (χ2v) is 8.39. The molecule has 3 aromatic rings. The van der Waals surface area contributed by atoms with Crippen LogP contribution in [-0.2, 0) is 16.1 Å². The van der Waals surface area contributed by atoms with Gasteiger partial charge in [0.25, 0.3) is 11.8 Å². The normalized spacial score (nSPS) is 11.5. The van der Waals surface area contributed by atoms with E-state index in [1.54, 1.807) is 24.3 Å². The number of amides is 3. The molecule has 0 radical (unpaired) electrons. The van der Waals surface area contributed by atoms with E-state index in [1.165, 1.54) is 43.4 Å². The van der Waals surface area contributed by atoms with Gasteiger partial charge in [0.05, 0.1) is 25.9 Å². The van der Waals surface area contributed by atoms with Gasteiger partial charge in [-0.3, -0.25) is 14.4 Å². The van der Waals surface area contributed by atoms with E-state index in [4.69, 9.17) is 20.9 Å². The van der Waals surface area contributed by atoms with Crippen molar-refractivity contribution in [3.8, 4) is 5.75 Å². The predicted octanol–water partition coefficient (Wildman–Crippen LogP) is 2.12. The first-order chi connectivity index (χ1) is 17.3. The van der Waals surface area contributed by atoms with E-state index < -0.39 is 29.6 Å². The van der Waals surface area contributed by atoms with Gasteiger partial charge in [-0.15, -0.1) is 0 Å². The quantitative estimate of drug-likeness (QED) is 0.331. The lowest BCUT2D eigenvalue weighted by Gasteiger charge is -2.31. The molecule has 0 aliphatic heterocycles. The first-order valence-electron chi connectivity index (χ1n) is 10.8. The molecule has 1 atom stereocenters. The van der Waals surface area contributed by atoms with E-state index >= 15 is 0 Å². The highest BCUT2D eigenvalue weighted by atomic mass is 32.1. The van der Waals surface area contributed by atoms with Crippen molar-refractivity contribution in [3.63, 3.8) is 0 Å². The van der Waals surface area contributed by atoms with E-state index in [9.17, 15) is 18.8 Å². The van der Waals surface area contributed by atoms with Crippen LogP contribution in [-0.4, -0.2) is 54.4 Å². The fraction of sp³-hybridized carbons (Fsp3) is 0.250. The zero-order valence-electron chi connectivity index (χ0n) is 19.7. The van der Waals surface area contributed by atoms with Crippen molar-refractivity contribution in [1.29, 1.82) is 0 Å². The molecule has 1 heterocycles. The fourth-order valence-electron chi connectivity index (χ4n) is 3.55. The summed E-state index contributed by atoms with van der Waals surface area (Å²) >= 11 is 0.700. The van der Waals surface area contributed by atoms with Crippen LogP contribution in [0.15, 0.2) is 48.5 Å². The van der Waals surface area contributed by atoms with Crippen molar-refractivity contribution in [2.75, 3.05) is 33.1 Å². The lowest BCUT2D eigenvalue weighted by atomic mass is 10.0. The van der Waals surface area contributed by atoms with Crippen LogP contribution in [0.4, 0.5) is 10.1 Å². The average Bonchev–Trinajstić information content (AvgIpc) is 3.26. The molecular weight excluding hydrogens is 489 g/mol. The van der Waals surface area contributed by atoms with Gasteiger partial charge in [0.1, 0.15) is 22.5 Å². The number of carbonyl (C=O) groups excluding carboxylic acids is 3. The summed E-state index contributed by atoms with van der Waals surface area (Å²) in [6.45, 7) is 0.343. The second kappa shape index (κ2) is 12.1. The van der Waals surface area contributed by atoms with Gasteiger partial charge in [-0.05, 0) is 35.3 Å². The summed E-state index contributed by atoms with van der Waals surface area (Å²) in [6.07, 6.45) is 0. The molecule has 12 heteroatoms. The summed E-state index contributed by atoms with van der Waals surface area (Å²) in [5.41, 5.74) is 11.9. The Morgan fingerprint density at radius 2 is 1.83 bits per heavy atom. The van der Waals surface area contributed by atoms with Crippen molar-refractivity contribution in [1.82, 2.24) is 14.6 Å². The summed E-state index contributed by atoms with van der Waals surface area (Å²) in [6, 6.07) is 11.0. The zero-order valence-corrected chi connectivity index (χ0v) is 20.5. The summed E-state index contributed by atoms with van der Waals surface area (Å²) in [5, 5.41) is 2.74. The van der Waals surface area contributed by atoms with Crippen molar-refractivity contribution in [2.45, 2.75) is 12.6 Å². The number of nitrogens with two attached hydrogens (primary N) is 2. The van der Waals surface area contributed by atoms with Gasteiger partial charge in [0.15, 0.2) is 5.69 Å². The fourth-order valence-corrected chi connectivity index (χ4v) is 4.31. The molecule has 0 spiro atoms. The molecule has 36 heavy (non-hydrogen) atoms. The zero-order chi connectivity index (χ0) is 26.2. The molecule has 0 saturated heterocycles. The molecule has 0 aliphatic carbocycles. The molecule has 2 aromatic carbocycles. The van der Waals surface area contributed by atoms with Crippen LogP contribution in [0.2, 0.25) is 0 Å². The number of nitrogens with one attached hydrogen (secondary N) is 1. The highest BCUT2D eigenvalue weighted by Crippen LogP contribution is 2.32. The number of ether oxygens (including phenoxy) is 2. The number of primary amides is 1. The van der Waals surface area contributed by atoms with Gasteiger partial charge in [-0.2, -0.15) is 4.37 Å². The number of aromatic nitrogens is 1. The van der Waals surface area contributed by atoms with Gasteiger partial charge in [0.2, 0.25) is 5.91 Å². The molecular formula is C24H26FN5O5S. The highest BCUT2D eigenvalue weighted by molar-refractivity contribution is 7.09. The molecule has 3 rings (SSSR count). The van der Waals surface area contributed by atoms with E-state index in [-0.39, 0.29) is 36.0 Å². The lowest BCUT2D eigenvalue weighted by molar-refractivity contribution is -0.126. The molecule has 190 valence electrons. The van der Waals surface area contributed by atoms with E-state index in [1.807, 2.05) is 0 Å². The van der Waals surface area contributed by atoms with Crippen molar-refractivity contribution in [3.05, 3.63) is 76.0 Å². The Kier molecular flexibility index (Phi) is 8.92. The maximum atomic E-state index is 13.9. The van der Waals surface area contributed by atoms with E-state index in [2.05, 4.69) is 9.69 Å². The van der Waals surface area contributed by atoms with Crippen molar-refractivity contribution < 1.29 is 28.2 Å². The number of nitrogens with zero attached hydrogens (tertiary/aromatic N) is 2. The largest absolute Gasteiger partial charge is 0.496 e. The Morgan fingerprint density at radius 3 is 2.44 bits per heavy atom. The summed E-state index contributed by atoms with van der Waals surface area (Å²) < 4.78 is 28.1. The van der Waals surface area contributed by atoms with Crippen LogP contribution in [0, 0.1) is 5.82 Å². The smallest absolute Gasteiger partial charge is 0.270 e. The minimum Gasteiger partial charge on any atom is -0.496 e. The predicted molar refractivity (Wildman–Crippen MR) is 132 cm³/mol. The number of benzene rings is 2. The summed E-state index contributed by atoms with van der Waals surface area (Å²) in [4.78, 5) is 40.2. The third kappa shape index (κ3) is 5.96. The van der Waals surface area contributed by atoms with Gasteiger partial charge in [-0.1, -0.05) is 30.3 Å². The minimum absolute atomic E-state index is 0.0597. The molecule has 1 unspecified atom stereocenters. The Labute approximate surface area is 211 Å². The lowest BCUT2D eigenvalue weighted by Crippen LogP contribution is -2.44. The number of halogens is 1. The standard InChI is InChI=1S/C24H26FN5O5S/c1-34-12-11-28-23(32)20(14-7-9-16(25)10-8-14)30(13-15-5-3-4-6-17(15)35-2)24(33)21-18(26)19(22(27)31)29-36-21/h3-10,20H,11-13,26H2,1-2H3,(H2,27,31)(H,28,32). The van der Waals surface area contributed by atoms with Crippen LogP contribution in [0.25, 0.3) is 0 Å². The molecule has 1 aromatic heterocycles. The van der Waals surface area contributed by atoms with Gasteiger partial charge < -0.3 is 31.2 Å². The molecule has 10 nitrogen and oxygen atoms in total. The SMILES string of the molecule is COCCNC(=O)C(c1ccc(F)cc1)N(Cc1ccccc1OC)C(=O)c1snc(C(N)=O)c1N. The number of hydrogen-bond acceptors (Lipinski definition) is 8. The van der Waals surface area contributed by atoms with E-state index in [0.29, 0.717) is 28.4 Å². The third-order valence-corrected chi connectivity index (χ3v) is 6.15. The van der Waals surface area contributed by atoms with Gasteiger partial charge in [-0.25, -0.2) is 4.39 Å². The number of carbonyl (C=O) groups is 3. The Bertz CT molecular complexity index is 1230. The van der Waals surface area contributed by atoms with Crippen molar-refractivity contribution >= 4 is 34.9 Å². The number of para-hydroxylation sites is 1. The van der Waals surface area contributed by atoms with Crippen molar-refractivity contribution in [2.24, 2.45) is 5.73 Å². The minimum atomic E-state index is -1.20. The summed E-state index contributed by atoms with van der Waals surface area (Å²) in [5.74, 6) is -2.09. The molecule has 0 saturated carbocycles. The van der Waals surface area contributed by atoms with Crippen LogP contribution < -0.4 is 21.5 Å². The van der Waals surface area contributed by atoms with Gasteiger partial charge >= 0.3 is 0 Å². The Balaban J connectivity index is 2.14. The van der Waals surface area contributed by atoms with Crippen LogP contribution in [0.1, 0.15) is 37.3 Å². The molecule has 0 aliphatic rings. The van der Waals surface area contributed by atoms with E-state index in [0.717, 1.165) is 0 Å². The number of anilines is 1. The maximum absolute atomic E-state index is 13.9. The highest BCUT2D eigenvalue weighted by Gasteiger charge is 2.35. The molecule has 0 fully saturated rings. The summed E-state index contributed by atoms with van der Waals surface area (Å²) in [7, 11) is 2.98.